The number of halogens is 1. The van der Waals surface area contributed by atoms with E-state index in [0.717, 1.165) is 38.8 Å². The van der Waals surface area contributed by atoms with Gasteiger partial charge in [0.15, 0.2) is 0 Å². The lowest BCUT2D eigenvalue weighted by atomic mass is 9.68. The van der Waals surface area contributed by atoms with Crippen LogP contribution in [0.1, 0.15) is 73.1 Å². The highest BCUT2D eigenvalue weighted by Gasteiger charge is 2.41. The first kappa shape index (κ1) is 23.3. The van der Waals surface area contributed by atoms with Crippen molar-refractivity contribution in [2.45, 2.75) is 96.8 Å². The molecule has 0 aromatic carbocycles. The van der Waals surface area contributed by atoms with E-state index in [0.29, 0.717) is 35.2 Å². The van der Waals surface area contributed by atoms with E-state index in [1.54, 1.807) is 5.57 Å². The van der Waals surface area contributed by atoms with Crippen molar-refractivity contribution in [1.82, 2.24) is 10.2 Å². The summed E-state index contributed by atoms with van der Waals surface area (Å²) in [4.78, 5) is 2.67. The van der Waals surface area contributed by atoms with Crippen LogP contribution >= 0.6 is 11.6 Å². The SMILES string of the molecule is CC(C)[C@@H](NC(O)C1CC=CC1)C(C)N1CCC(C2=CCC(Cl)CC2)C(C)(C)C1. The third kappa shape index (κ3) is 5.67. The lowest BCUT2D eigenvalue weighted by molar-refractivity contribution is 0.00300. The summed E-state index contributed by atoms with van der Waals surface area (Å²) < 4.78 is 0. The largest absolute Gasteiger partial charge is 0.378 e. The molecular formula is C25H43ClN2O. The number of nitrogens with one attached hydrogen (secondary N) is 1. The Bertz CT molecular complexity index is 592. The highest BCUT2D eigenvalue weighted by molar-refractivity contribution is 6.20. The van der Waals surface area contributed by atoms with Crippen LogP contribution in [0, 0.1) is 23.2 Å². The second-order valence-electron chi connectivity index (χ2n) is 10.8. The quantitative estimate of drug-likeness (QED) is 0.330. The minimum absolute atomic E-state index is 0.271. The van der Waals surface area contributed by atoms with Crippen molar-refractivity contribution in [3.63, 3.8) is 0 Å². The first-order valence-corrected chi connectivity index (χ1v) is 12.3. The average Bonchev–Trinajstić information content (AvgIpc) is 3.20. The molecule has 1 saturated heterocycles. The van der Waals surface area contributed by atoms with Crippen molar-refractivity contribution >= 4 is 11.6 Å². The van der Waals surface area contributed by atoms with Gasteiger partial charge in [-0.25, -0.2) is 0 Å². The monoisotopic (exact) mass is 422 g/mol. The second kappa shape index (κ2) is 9.85. The van der Waals surface area contributed by atoms with Gasteiger partial charge in [0.1, 0.15) is 6.23 Å². The topological polar surface area (TPSA) is 35.5 Å². The maximum absolute atomic E-state index is 10.8. The van der Waals surface area contributed by atoms with Crippen LogP contribution in [0.2, 0.25) is 0 Å². The van der Waals surface area contributed by atoms with Crippen molar-refractivity contribution in [1.29, 1.82) is 0 Å². The van der Waals surface area contributed by atoms with Crippen LogP contribution in [0.25, 0.3) is 0 Å². The molecule has 1 aliphatic heterocycles. The zero-order valence-electron chi connectivity index (χ0n) is 19.2. The molecular weight excluding hydrogens is 380 g/mol. The molecule has 29 heavy (non-hydrogen) atoms. The molecule has 3 aliphatic rings. The molecule has 0 aromatic rings. The van der Waals surface area contributed by atoms with E-state index >= 15 is 0 Å². The molecule has 3 rings (SSSR count). The third-order valence-electron chi connectivity index (χ3n) is 7.76. The Balaban J connectivity index is 1.63. The van der Waals surface area contributed by atoms with Gasteiger partial charge >= 0.3 is 0 Å². The molecule has 166 valence electrons. The molecule has 4 heteroatoms. The molecule has 1 fully saturated rings. The zero-order valence-corrected chi connectivity index (χ0v) is 20.0. The van der Waals surface area contributed by atoms with Crippen LogP contribution in [0.15, 0.2) is 23.8 Å². The number of hydrogen-bond donors (Lipinski definition) is 2. The first-order valence-electron chi connectivity index (χ1n) is 11.8. The fourth-order valence-corrected chi connectivity index (χ4v) is 6.12. The lowest BCUT2D eigenvalue weighted by Crippen LogP contribution is -2.59. The fourth-order valence-electron chi connectivity index (χ4n) is 5.92. The molecule has 0 radical (unpaired) electrons. The molecule has 3 nitrogen and oxygen atoms in total. The summed E-state index contributed by atoms with van der Waals surface area (Å²) in [6.07, 6.45) is 13.0. The van der Waals surface area contributed by atoms with Gasteiger partial charge in [0.2, 0.25) is 0 Å². The molecule has 0 saturated carbocycles. The highest BCUT2D eigenvalue weighted by atomic mass is 35.5. The van der Waals surface area contributed by atoms with E-state index in [9.17, 15) is 5.11 Å². The van der Waals surface area contributed by atoms with Gasteiger partial charge in [-0.2, -0.15) is 0 Å². The molecule has 0 amide bonds. The Morgan fingerprint density at radius 1 is 1.14 bits per heavy atom. The van der Waals surface area contributed by atoms with Gasteiger partial charge in [0.05, 0.1) is 0 Å². The van der Waals surface area contributed by atoms with E-state index < -0.39 is 6.23 Å². The Kier molecular flexibility index (Phi) is 7.92. The molecule has 2 N–H and O–H groups in total. The van der Waals surface area contributed by atoms with Gasteiger partial charge in [-0.05, 0) is 69.2 Å². The number of likely N-dealkylation sites (tertiary alicyclic amines) is 1. The fraction of sp³-hybridized carbons (Fsp3) is 0.840. The number of piperidine rings is 1. The standard InChI is InChI=1S/C25H43ClN2O/c1-17(2)23(27-24(29)20-8-6-7-9-20)18(3)28-15-14-22(25(4,5)16-28)19-10-12-21(26)13-11-19/h6-7,10,17-18,20-24,27,29H,8-9,11-16H2,1-5H3/t18?,21?,22?,23-,24?/m1/s1. The Hall–Kier alpha value is -0.350. The summed E-state index contributed by atoms with van der Waals surface area (Å²) in [7, 11) is 0. The van der Waals surface area contributed by atoms with Gasteiger partial charge in [-0.1, -0.05) is 51.5 Å². The number of allylic oxidation sites excluding steroid dienone is 4. The Morgan fingerprint density at radius 3 is 2.38 bits per heavy atom. The number of aliphatic hydroxyl groups excluding tert-OH is 1. The molecule has 0 aromatic heterocycles. The van der Waals surface area contributed by atoms with Crippen molar-refractivity contribution in [3.8, 4) is 0 Å². The van der Waals surface area contributed by atoms with Crippen LogP contribution in [0.3, 0.4) is 0 Å². The first-order chi connectivity index (χ1) is 13.7. The second-order valence-corrected chi connectivity index (χ2v) is 11.4. The summed E-state index contributed by atoms with van der Waals surface area (Å²) in [5.41, 5.74) is 1.93. The number of nitrogens with zero attached hydrogens (tertiary/aromatic N) is 1. The molecule has 0 bridgehead atoms. The normalized spacial score (nSPS) is 31.7. The van der Waals surface area contributed by atoms with E-state index in [1.165, 1.54) is 12.8 Å². The predicted octanol–water partition coefficient (Wildman–Crippen LogP) is 5.34. The molecule has 4 unspecified atom stereocenters. The smallest absolute Gasteiger partial charge is 0.108 e. The van der Waals surface area contributed by atoms with E-state index in [-0.39, 0.29) is 5.41 Å². The van der Waals surface area contributed by atoms with Crippen LogP contribution in [0.5, 0.6) is 0 Å². The van der Waals surface area contributed by atoms with E-state index in [1.807, 2.05) is 0 Å². The lowest BCUT2D eigenvalue weighted by Gasteiger charge is -2.50. The summed E-state index contributed by atoms with van der Waals surface area (Å²) in [6.45, 7) is 14.1. The highest BCUT2D eigenvalue weighted by Crippen LogP contribution is 2.43. The summed E-state index contributed by atoms with van der Waals surface area (Å²) >= 11 is 6.33. The number of alkyl halides is 1. The molecule has 5 atom stereocenters. The van der Waals surface area contributed by atoms with Crippen molar-refractivity contribution in [2.24, 2.45) is 23.2 Å². The molecule has 1 heterocycles. The van der Waals surface area contributed by atoms with Gasteiger partial charge in [0, 0.05) is 29.9 Å². The molecule has 2 aliphatic carbocycles. The Morgan fingerprint density at radius 2 is 1.83 bits per heavy atom. The average molecular weight is 423 g/mol. The summed E-state index contributed by atoms with van der Waals surface area (Å²) in [5.74, 6) is 1.49. The van der Waals surface area contributed by atoms with Crippen LogP contribution in [-0.4, -0.2) is 46.8 Å². The maximum Gasteiger partial charge on any atom is 0.108 e. The molecule has 0 spiro atoms. The zero-order chi connectivity index (χ0) is 21.2. The number of aliphatic hydroxyl groups is 1. The number of hydrogen-bond acceptors (Lipinski definition) is 3. The van der Waals surface area contributed by atoms with Gasteiger partial charge in [0.25, 0.3) is 0 Å². The van der Waals surface area contributed by atoms with Crippen molar-refractivity contribution < 1.29 is 5.11 Å². The summed E-state index contributed by atoms with van der Waals surface area (Å²) in [5, 5.41) is 14.7. The van der Waals surface area contributed by atoms with E-state index in [2.05, 4.69) is 63.1 Å². The van der Waals surface area contributed by atoms with Crippen molar-refractivity contribution in [2.75, 3.05) is 13.1 Å². The van der Waals surface area contributed by atoms with Crippen LogP contribution in [0.4, 0.5) is 0 Å². The van der Waals surface area contributed by atoms with Gasteiger partial charge in [-0.15, -0.1) is 11.6 Å². The van der Waals surface area contributed by atoms with Crippen molar-refractivity contribution in [3.05, 3.63) is 23.8 Å². The third-order valence-corrected chi connectivity index (χ3v) is 8.15. The minimum atomic E-state index is -0.415. The van der Waals surface area contributed by atoms with Gasteiger partial charge in [-0.3, -0.25) is 10.2 Å². The van der Waals surface area contributed by atoms with E-state index in [4.69, 9.17) is 11.6 Å². The van der Waals surface area contributed by atoms with Crippen LogP contribution in [-0.2, 0) is 0 Å². The summed E-state index contributed by atoms with van der Waals surface area (Å²) in [6, 6.07) is 0.704. The van der Waals surface area contributed by atoms with Crippen LogP contribution < -0.4 is 5.32 Å². The minimum Gasteiger partial charge on any atom is -0.378 e. The number of rotatable bonds is 7. The maximum atomic E-state index is 10.8. The van der Waals surface area contributed by atoms with Gasteiger partial charge < -0.3 is 5.11 Å². The predicted molar refractivity (Wildman–Crippen MR) is 124 cm³/mol. The Labute approximate surface area is 184 Å².